The molecule has 0 saturated carbocycles. The fourth-order valence-electron chi connectivity index (χ4n) is 2.85. The number of nitrogens with zero attached hydrogens (tertiary/aromatic N) is 1. The van der Waals surface area contributed by atoms with E-state index in [1.165, 1.54) is 6.07 Å². The molecule has 1 N–H and O–H groups in total. The Morgan fingerprint density at radius 1 is 1.16 bits per heavy atom. The van der Waals surface area contributed by atoms with Gasteiger partial charge in [-0.2, -0.15) is 0 Å². The van der Waals surface area contributed by atoms with Crippen LogP contribution in [0, 0.1) is 11.6 Å². The predicted octanol–water partition coefficient (Wildman–Crippen LogP) is 2.99. The molecule has 6 heteroatoms. The molecule has 0 radical (unpaired) electrons. The normalized spacial score (nSPS) is 17.4. The molecular formula is C19H20F2N2O2. The third-order valence-electron chi connectivity index (χ3n) is 4.19. The molecule has 0 bridgehead atoms. The van der Waals surface area contributed by atoms with Gasteiger partial charge in [-0.05, 0) is 36.8 Å². The number of benzene rings is 2. The minimum absolute atomic E-state index is 0.0132. The summed E-state index contributed by atoms with van der Waals surface area (Å²) >= 11 is 0. The molecule has 2 aromatic rings. The van der Waals surface area contributed by atoms with E-state index in [2.05, 4.69) is 22.3 Å². The van der Waals surface area contributed by atoms with E-state index in [0.29, 0.717) is 19.6 Å². The van der Waals surface area contributed by atoms with Gasteiger partial charge in [0.15, 0.2) is 11.6 Å². The van der Waals surface area contributed by atoms with E-state index in [-0.39, 0.29) is 11.7 Å². The first kappa shape index (κ1) is 17.4. The van der Waals surface area contributed by atoms with Crippen molar-refractivity contribution in [2.75, 3.05) is 31.1 Å². The lowest BCUT2D eigenvalue weighted by Crippen LogP contribution is -2.43. The van der Waals surface area contributed by atoms with Gasteiger partial charge >= 0.3 is 0 Å². The molecule has 1 atom stereocenters. The summed E-state index contributed by atoms with van der Waals surface area (Å²) < 4.78 is 31.8. The Morgan fingerprint density at radius 3 is 2.72 bits per heavy atom. The molecule has 0 spiro atoms. The Hall–Kier alpha value is -2.47. The van der Waals surface area contributed by atoms with E-state index in [9.17, 15) is 13.6 Å². The quantitative estimate of drug-likeness (QED) is 0.905. The number of para-hydroxylation sites is 1. The molecule has 1 heterocycles. The average Bonchev–Trinajstić information content (AvgIpc) is 2.65. The Bertz CT molecular complexity index is 725. The van der Waals surface area contributed by atoms with Gasteiger partial charge < -0.3 is 15.0 Å². The van der Waals surface area contributed by atoms with Crippen molar-refractivity contribution >= 4 is 11.6 Å². The van der Waals surface area contributed by atoms with E-state index in [0.717, 1.165) is 30.9 Å². The number of nitrogens with one attached hydrogen (secondary N) is 1. The molecule has 1 aliphatic rings. The minimum Gasteiger partial charge on any atom is -0.374 e. The monoisotopic (exact) mass is 346 g/mol. The second kappa shape index (κ2) is 8.07. The van der Waals surface area contributed by atoms with Crippen LogP contribution in [-0.2, 0) is 4.74 Å². The van der Waals surface area contributed by atoms with Gasteiger partial charge in [0.25, 0.3) is 5.91 Å². The number of rotatable bonds is 5. The zero-order chi connectivity index (χ0) is 17.6. The first-order chi connectivity index (χ1) is 12.1. The third-order valence-corrected chi connectivity index (χ3v) is 4.19. The van der Waals surface area contributed by atoms with Gasteiger partial charge in [-0.15, -0.1) is 0 Å². The Labute approximate surface area is 145 Å². The standard InChI is InChI=1S/C19H20F2N2O2/c20-17-7-6-14(12-18(17)21)19(24)22-9-8-16-13-23(10-11-25-16)15-4-2-1-3-5-15/h1-7,12,16H,8-11,13H2,(H,22,24). The molecule has 25 heavy (non-hydrogen) atoms. The van der Waals surface area contributed by atoms with Gasteiger partial charge in [0.05, 0.1) is 12.7 Å². The molecule has 4 nitrogen and oxygen atoms in total. The van der Waals surface area contributed by atoms with E-state index >= 15 is 0 Å². The van der Waals surface area contributed by atoms with Crippen LogP contribution < -0.4 is 10.2 Å². The molecule has 1 amide bonds. The van der Waals surface area contributed by atoms with E-state index in [1.807, 2.05) is 18.2 Å². The maximum Gasteiger partial charge on any atom is 0.251 e. The van der Waals surface area contributed by atoms with Gasteiger partial charge in [-0.3, -0.25) is 4.79 Å². The number of ether oxygens (including phenoxy) is 1. The smallest absolute Gasteiger partial charge is 0.251 e. The van der Waals surface area contributed by atoms with Crippen LogP contribution >= 0.6 is 0 Å². The first-order valence-corrected chi connectivity index (χ1v) is 8.28. The molecule has 0 aliphatic carbocycles. The van der Waals surface area contributed by atoms with Crippen molar-refractivity contribution in [3.8, 4) is 0 Å². The molecule has 1 fully saturated rings. The number of morpholine rings is 1. The average molecular weight is 346 g/mol. The third kappa shape index (κ3) is 4.54. The summed E-state index contributed by atoms with van der Waals surface area (Å²) in [6, 6.07) is 13.2. The van der Waals surface area contributed by atoms with Crippen LogP contribution in [-0.4, -0.2) is 38.3 Å². The molecular weight excluding hydrogens is 326 g/mol. The van der Waals surface area contributed by atoms with Crippen molar-refractivity contribution in [2.24, 2.45) is 0 Å². The molecule has 1 saturated heterocycles. The van der Waals surface area contributed by atoms with Crippen molar-refractivity contribution in [2.45, 2.75) is 12.5 Å². The highest BCUT2D eigenvalue weighted by Gasteiger charge is 2.20. The van der Waals surface area contributed by atoms with Crippen molar-refractivity contribution in [3.63, 3.8) is 0 Å². The zero-order valence-corrected chi connectivity index (χ0v) is 13.8. The zero-order valence-electron chi connectivity index (χ0n) is 13.8. The number of hydrogen-bond acceptors (Lipinski definition) is 3. The maximum atomic E-state index is 13.2. The number of anilines is 1. The summed E-state index contributed by atoms with van der Waals surface area (Å²) in [5.41, 5.74) is 1.26. The SMILES string of the molecule is O=C(NCCC1CN(c2ccccc2)CCO1)c1ccc(F)c(F)c1. The number of hydrogen-bond donors (Lipinski definition) is 1. The van der Waals surface area contributed by atoms with E-state index in [4.69, 9.17) is 4.74 Å². The second-order valence-electron chi connectivity index (χ2n) is 5.95. The number of halogens is 2. The van der Waals surface area contributed by atoms with Gasteiger partial charge in [0.1, 0.15) is 0 Å². The van der Waals surface area contributed by atoms with Crippen LogP contribution in [0.25, 0.3) is 0 Å². The lowest BCUT2D eigenvalue weighted by atomic mass is 10.1. The largest absolute Gasteiger partial charge is 0.374 e. The van der Waals surface area contributed by atoms with E-state index in [1.54, 1.807) is 0 Å². The van der Waals surface area contributed by atoms with E-state index < -0.39 is 17.5 Å². The molecule has 3 rings (SSSR count). The topological polar surface area (TPSA) is 41.6 Å². The van der Waals surface area contributed by atoms with Gasteiger partial charge in [0, 0.05) is 30.9 Å². The highest BCUT2D eigenvalue weighted by atomic mass is 19.2. The van der Waals surface area contributed by atoms with Crippen molar-refractivity contribution in [1.29, 1.82) is 0 Å². The lowest BCUT2D eigenvalue weighted by molar-refractivity contribution is 0.0354. The van der Waals surface area contributed by atoms with Crippen LogP contribution in [0.3, 0.4) is 0 Å². The van der Waals surface area contributed by atoms with Gasteiger partial charge in [0.2, 0.25) is 0 Å². The molecule has 1 aliphatic heterocycles. The minimum atomic E-state index is -1.03. The van der Waals surface area contributed by atoms with Crippen LogP contribution in [0.15, 0.2) is 48.5 Å². The molecule has 1 unspecified atom stereocenters. The summed E-state index contributed by atoms with van der Waals surface area (Å²) in [6.07, 6.45) is 0.665. The lowest BCUT2D eigenvalue weighted by Gasteiger charge is -2.34. The van der Waals surface area contributed by atoms with Gasteiger partial charge in [-0.1, -0.05) is 18.2 Å². The maximum absolute atomic E-state index is 13.2. The van der Waals surface area contributed by atoms with Crippen LogP contribution in [0.4, 0.5) is 14.5 Å². The van der Waals surface area contributed by atoms with Crippen molar-refractivity contribution < 1.29 is 18.3 Å². The fraction of sp³-hybridized carbons (Fsp3) is 0.316. The van der Waals surface area contributed by atoms with Crippen molar-refractivity contribution in [3.05, 3.63) is 65.7 Å². The van der Waals surface area contributed by atoms with Crippen molar-refractivity contribution in [1.82, 2.24) is 5.32 Å². The predicted molar refractivity (Wildman–Crippen MR) is 91.7 cm³/mol. The summed E-state index contributed by atoms with van der Waals surface area (Å²) in [5.74, 6) is -2.41. The number of carbonyl (C=O) groups is 1. The molecule has 0 aromatic heterocycles. The fourth-order valence-corrected chi connectivity index (χ4v) is 2.85. The van der Waals surface area contributed by atoms with Crippen LogP contribution in [0.1, 0.15) is 16.8 Å². The second-order valence-corrected chi connectivity index (χ2v) is 5.95. The summed E-state index contributed by atoms with van der Waals surface area (Å²) in [6.45, 7) is 2.63. The van der Waals surface area contributed by atoms with Gasteiger partial charge in [-0.25, -0.2) is 8.78 Å². The summed E-state index contributed by atoms with van der Waals surface area (Å²) in [4.78, 5) is 14.2. The van der Waals surface area contributed by atoms with Crippen LogP contribution in [0.2, 0.25) is 0 Å². The first-order valence-electron chi connectivity index (χ1n) is 8.28. The summed E-state index contributed by atoms with van der Waals surface area (Å²) in [5, 5.41) is 2.72. The summed E-state index contributed by atoms with van der Waals surface area (Å²) in [7, 11) is 0. The molecule has 2 aromatic carbocycles. The Morgan fingerprint density at radius 2 is 1.96 bits per heavy atom. The Kier molecular flexibility index (Phi) is 5.60. The number of carbonyl (C=O) groups excluding carboxylic acids is 1. The van der Waals surface area contributed by atoms with Crippen LogP contribution in [0.5, 0.6) is 0 Å². The highest BCUT2D eigenvalue weighted by Crippen LogP contribution is 2.18. The number of amides is 1. The molecule has 132 valence electrons. The highest BCUT2D eigenvalue weighted by molar-refractivity contribution is 5.94. The Balaban J connectivity index is 1.48.